The summed E-state index contributed by atoms with van der Waals surface area (Å²) in [5.41, 5.74) is 5.61. The average molecular weight is 563 g/mol. The van der Waals surface area contributed by atoms with Crippen LogP contribution < -0.4 is 16.4 Å². The molecule has 0 bridgehead atoms. The Labute approximate surface area is 224 Å². The van der Waals surface area contributed by atoms with Crippen LogP contribution in [0.25, 0.3) is 0 Å². The van der Waals surface area contributed by atoms with Crippen LogP contribution in [0, 0.1) is 0 Å². The number of aliphatic hydroxyl groups is 1. The van der Waals surface area contributed by atoms with Crippen molar-refractivity contribution in [1.82, 2.24) is 30.8 Å². The number of benzene rings is 1. The van der Waals surface area contributed by atoms with Gasteiger partial charge < -0.3 is 26.2 Å². The summed E-state index contributed by atoms with van der Waals surface area (Å²) < 4.78 is 7.38. The summed E-state index contributed by atoms with van der Waals surface area (Å²) in [5.74, 6) is 1.30. The molecule has 1 aromatic carbocycles. The van der Waals surface area contributed by atoms with Crippen molar-refractivity contribution in [2.45, 2.75) is 51.4 Å². The van der Waals surface area contributed by atoms with Gasteiger partial charge in [-0.25, -0.2) is 4.68 Å². The standard InChI is InChI=1S/C22H33Cl2N7O4S/c1-22(2,25)21(34)27-18(14-35-13-15-10-16(23)12-17(24)11-15)20-28-29-30-31(20)6-3-4-19(33)26-5-8-36-9-7-32/h10-12,18,32H,3-9,13-14,25H2,1-2H3,(H,26,33)(H,27,34). The number of carbonyl (C=O) groups excluding carboxylic acids is 2. The van der Waals surface area contributed by atoms with Gasteiger partial charge in [0.15, 0.2) is 5.82 Å². The third-order valence-corrected chi connectivity index (χ3v) is 6.22. The fourth-order valence-electron chi connectivity index (χ4n) is 3.04. The van der Waals surface area contributed by atoms with Crippen molar-refractivity contribution in [3.63, 3.8) is 0 Å². The smallest absolute Gasteiger partial charge is 0.240 e. The van der Waals surface area contributed by atoms with E-state index in [1.165, 1.54) is 0 Å². The van der Waals surface area contributed by atoms with E-state index in [0.717, 1.165) is 11.3 Å². The highest BCUT2D eigenvalue weighted by molar-refractivity contribution is 7.99. The van der Waals surface area contributed by atoms with Gasteiger partial charge in [-0.1, -0.05) is 23.2 Å². The van der Waals surface area contributed by atoms with Crippen LogP contribution in [0.4, 0.5) is 0 Å². The van der Waals surface area contributed by atoms with Gasteiger partial charge in [0.1, 0.15) is 6.04 Å². The minimum absolute atomic E-state index is 0.0678. The van der Waals surface area contributed by atoms with Crippen molar-refractivity contribution in [2.75, 3.05) is 31.3 Å². The maximum absolute atomic E-state index is 12.6. The molecule has 5 N–H and O–H groups in total. The van der Waals surface area contributed by atoms with E-state index in [0.29, 0.717) is 47.6 Å². The Hall–Kier alpha value is -1.96. The number of aromatic nitrogens is 4. The first-order valence-electron chi connectivity index (χ1n) is 11.4. The number of aliphatic hydroxyl groups excluding tert-OH is 1. The van der Waals surface area contributed by atoms with Crippen LogP contribution >= 0.6 is 35.0 Å². The topological polar surface area (TPSA) is 157 Å². The van der Waals surface area contributed by atoms with Gasteiger partial charge in [-0.15, -0.1) is 5.10 Å². The molecule has 0 saturated carbocycles. The second kappa shape index (κ2) is 15.3. The monoisotopic (exact) mass is 561 g/mol. The Kier molecular flexibility index (Phi) is 12.9. The molecule has 1 unspecified atom stereocenters. The van der Waals surface area contributed by atoms with Crippen molar-refractivity contribution in [3.8, 4) is 0 Å². The highest BCUT2D eigenvalue weighted by Gasteiger charge is 2.28. The quantitative estimate of drug-likeness (QED) is 0.224. The zero-order chi connectivity index (χ0) is 26.6. The molecule has 200 valence electrons. The second-order valence-corrected chi connectivity index (χ2v) is 10.7. The van der Waals surface area contributed by atoms with Crippen molar-refractivity contribution >= 4 is 46.8 Å². The number of tetrazole rings is 1. The van der Waals surface area contributed by atoms with Crippen molar-refractivity contribution in [1.29, 1.82) is 0 Å². The van der Waals surface area contributed by atoms with Gasteiger partial charge in [0.2, 0.25) is 11.8 Å². The minimum atomic E-state index is -1.12. The van der Waals surface area contributed by atoms with Gasteiger partial charge in [0.05, 0.1) is 25.4 Å². The van der Waals surface area contributed by atoms with Crippen molar-refractivity contribution in [2.24, 2.45) is 5.73 Å². The number of amides is 2. The Balaban J connectivity index is 1.97. The van der Waals surface area contributed by atoms with Crippen molar-refractivity contribution < 1.29 is 19.4 Å². The predicted octanol–water partition coefficient (Wildman–Crippen LogP) is 1.71. The lowest BCUT2D eigenvalue weighted by Crippen LogP contribution is -2.51. The number of nitrogens with zero attached hydrogens (tertiary/aromatic N) is 4. The van der Waals surface area contributed by atoms with Crippen LogP contribution in [0.1, 0.15) is 44.1 Å². The molecular formula is C22H33Cl2N7O4S. The Morgan fingerprint density at radius 2 is 1.97 bits per heavy atom. The number of nitrogens with two attached hydrogens (primary N) is 1. The molecule has 0 radical (unpaired) electrons. The summed E-state index contributed by atoms with van der Waals surface area (Å²) in [7, 11) is 0. The zero-order valence-corrected chi connectivity index (χ0v) is 22.7. The normalized spacial score (nSPS) is 12.4. The van der Waals surface area contributed by atoms with Gasteiger partial charge in [0.25, 0.3) is 0 Å². The minimum Gasteiger partial charge on any atom is -0.396 e. The molecule has 0 aliphatic heterocycles. The number of hydrogen-bond acceptors (Lipinski definition) is 9. The molecule has 0 saturated heterocycles. The maximum Gasteiger partial charge on any atom is 0.240 e. The van der Waals surface area contributed by atoms with Crippen LogP contribution in [0.5, 0.6) is 0 Å². The number of ether oxygens (including phenoxy) is 1. The van der Waals surface area contributed by atoms with Crippen molar-refractivity contribution in [3.05, 3.63) is 39.6 Å². The van der Waals surface area contributed by atoms with E-state index in [4.69, 9.17) is 38.8 Å². The van der Waals surface area contributed by atoms with E-state index < -0.39 is 17.5 Å². The van der Waals surface area contributed by atoms with Gasteiger partial charge in [-0.3, -0.25) is 9.59 Å². The zero-order valence-electron chi connectivity index (χ0n) is 20.4. The number of halogens is 2. The summed E-state index contributed by atoms with van der Waals surface area (Å²) >= 11 is 13.7. The lowest BCUT2D eigenvalue weighted by molar-refractivity contribution is -0.126. The number of hydrogen-bond donors (Lipinski definition) is 4. The van der Waals surface area contributed by atoms with Crippen LogP contribution in [0.15, 0.2) is 18.2 Å². The molecular weight excluding hydrogens is 529 g/mol. The molecule has 1 heterocycles. The lowest BCUT2D eigenvalue weighted by atomic mass is 10.1. The molecule has 0 spiro atoms. The summed E-state index contributed by atoms with van der Waals surface area (Å²) in [6, 6.07) is 4.43. The van der Waals surface area contributed by atoms with E-state index in [1.54, 1.807) is 48.5 Å². The number of nitrogens with one attached hydrogen (secondary N) is 2. The largest absolute Gasteiger partial charge is 0.396 e. The van der Waals surface area contributed by atoms with Crippen LogP contribution in [0.2, 0.25) is 10.0 Å². The van der Waals surface area contributed by atoms with Gasteiger partial charge >= 0.3 is 0 Å². The Morgan fingerprint density at radius 1 is 1.25 bits per heavy atom. The lowest BCUT2D eigenvalue weighted by Gasteiger charge is -2.24. The summed E-state index contributed by atoms with van der Waals surface area (Å²) in [5, 5.41) is 27.3. The fourth-order valence-corrected chi connectivity index (χ4v) is 4.19. The number of carbonyl (C=O) groups is 2. The highest BCUT2D eigenvalue weighted by Crippen LogP contribution is 2.20. The van der Waals surface area contributed by atoms with Gasteiger partial charge in [0, 0.05) is 41.1 Å². The van der Waals surface area contributed by atoms with E-state index in [1.807, 2.05) is 0 Å². The van der Waals surface area contributed by atoms with E-state index in [9.17, 15) is 9.59 Å². The van der Waals surface area contributed by atoms with Gasteiger partial charge in [-0.2, -0.15) is 11.8 Å². The summed E-state index contributed by atoms with van der Waals surface area (Å²) in [6.45, 7) is 4.50. The van der Waals surface area contributed by atoms with E-state index in [2.05, 4.69) is 26.2 Å². The summed E-state index contributed by atoms with van der Waals surface area (Å²) in [6.07, 6.45) is 0.793. The first-order chi connectivity index (χ1) is 17.1. The third-order valence-electron chi connectivity index (χ3n) is 4.82. The SMILES string of the molecule is CC(C)(N)C(=O)NC(COCc1cc(Cl)cc(Cl)c1)c1nnnn1CCCC(=O)NCCSCCO. The molecule has 11 nitrogen and oxygen atoms in total. The molecule has 1 atom stereocenters. The first-order valence-corrected chi connectivity index (χ1v) is 13.3. The fraction of sp³-hybridized carbons (Fsp3) is 0.591. The average Bonchev–Trinajstić information content (AvgIpc) is 3.25. The summed E-state index contributed by atoms with van der Waals surface area (Å²) in [4.78, 5) is 24.7. The Morgan fingerprint density at radius 3 is 2.64 bits per heavy atom. The van der Waals surface area contributed by atoms with E-state index >= 15 is 0 Å². The molecule has 14 heteroatoms. The highest BCUT2D eigenvalue weighted by atomic mass is 35.5. The molecule has 0 aliphatic rings. The molecule has 0 fully saturated rings. The third kappa shape index (κ3) is 11.0. The molecule has 1 aromatic heterocycles. The number of rotatable bonds is 16. The molecule has 2 rings (SSSR count). The Bertz CT molecular complexity index is 967. The maximum atomic E-state index is 12.6. The van der Waals surface area contributed by atoms with Crippen LogP contribution in [-0.2, 0) is 27.5 Å². The first kappa shape index (κ1) is 30.3. The van der Waals surface area contributed by atoms with Gasteiger partial charge in [-0.05, 0) is 54.5 Å². The number of thioether (sulfide) groups is 1. The molecule has 2 aromatic rings. The van der Waals surface area contributed by atoms with Crippen LogP contribution in [0.3, 0.4) is 0 Å². The second-order valence-electron chi connectivity index (χ2n) is 8.59. The van der Waals surface area contributed by atoms with E-state index in [-0.39, 0.29) is 25.7 Å². The predicted molar refractivity (Wildman–Crippen MR) is 140 cm³/mol. The van der Waals surface area contributed by atoms with Crippen LogP contribution in [-0.4, -0.2) is 73.9 Å². The molecule has 36 heavy (non-hydrogen) atoms. The molecule has 0 aliphatic carbocycles. The number of aryl methyl sites for hydroxylation is 1. The molecule has 2 amide bonds.